The monoisotopic (exact) mass is 258 g/mol. The van der Waals surface area contributed by atoms with E-state index in [1.54, 1.807) is 0 Å². The third-order valence-corrected chi connectivity index (χ3v) is 3.85. The van der Waals surface area contributed by atoms with Crippen LogP contribution in [0.1, 0.15) is 12.0 Å². The number of benzene rings is 1. The minimum atomic E-state index is -0.00820. The molecule has 100 valence electrons. The fourth-order valence-corrected chi connectivity index (χ4v) is 2.76. The second-order valence-corrected chi connectivity index (χ2v) is 5.28. The minimum Gasteiger partial charge on any atom is -0.396 e. The van der Waals surface area contributed by atoms with Gasteiger partial charge in [-0.15, -0.1) is 0 Å². The molecule has 1 aromatic carbocycles. The number of nitrogens with zero attached hydrogens (tertiary/aromatic N) is 1. The van der Waals surface area contributed by atoms with E-state index in [-0.39, 0.29) is 12.2 Å². The Kier molecular flexibility index (Phi) is 3.36. The van der Waals surface area contributed by atoms with Gasteiger partial charge in [-0.2, -0.15) is 0 Å². The molecule has 0 radical (unpaired) electrons. The summed E-state index contributed by atoms with van der Waals surface area (Å²) < 4.78 is 0. The summed E-state index contributed by atoms with van der Waals surface area (Å²) in [5.41, 5.74) is 1.68. The number of aromatic amines is 1. The molecule has 2 N–H and O–H groups in total. The van der Waals surface area contributed by atoms with Crippen LogP contribution in [-0.4, -0.2) is 34.7 Å². The molecule has 0 amide bonds. The molecule has 2 heterocycles. The zero-order valence-electron chi connectivity index (χ0n) is 10.8. The third-order valence-electron chi connectivity index (χ3n) is 3.85. The predicted molar refractivity (Wildman–Crippen MR) is 75.0 cm³/mol. The average Bonchev–Trinajstić information content (AvgIpc) is 2.87. The first-order valence-corrected chi connectivity index (χ1v) is 6.70. The number of aromatic nitrogens is 1. The third kappa shape index (κ3) is 2.55. The molecule has 1 aromatic heterocycles. The first-order valence-electron chi connectivity index (χ1n) is 6.70. The van der Waals surface area contributed by atoms with Gasteiger partial charge in [-0.3, -0.25) is 9.69 Å². The zero-order valence-corrected chi connectivity index (χ0v) is 10.8. The van der Waals surface area contributed by atoms with Crippen LogP contribution in [0, 0.1) is 5.92 Å². The van der Waals surface area contributed by atoms with E-state index >= 15 is 0 Å². The van der Waals surface area contributed by atoms with Crippen molar-refractivity contribution in [3.05, 3.63) is 46.2 Å². The van der Waals surface area contributed by atoms with E-state index in [1.807, 2.05) is 30.3 Å². The van der Waals surface area contributed by atoms with Crippen molar-refractivity contribution in [2.75, 3.05) is 19.7 Å². The van der Waals surface area contributed by atoms with Crippen LogP contribution in [0.15, 0.2) is 35.1 Å². The SMILES string of the molecule is O=c1[nH]c2ccccc2cc1CN1CCC(CO)C1. The minimum absolute atomic E-state index is 0.00820. The Morgan fingerprint density at radius 2 is 2.21 bits per heavy atom. The maximum atomic E-state index is 12.0. The van der Waals surface area contributed by atoms with Gasteiger partial charge in [0, 0.05) is 30.8 Å². The van der Waals surface area contributed by atoms with Crippen LogP contribution in [-0.2, 0) is 6.54 Å². The summed E-state index contributed by atoms with van der Waals surface area (Å²) in [7, 11) is 0. The predicted octanol–water partition coefficient (Wildman–Crippen LogP) is 1.34. The highest BCUT2D eigenvalue weighted by Crippen LogP contribution is 2.18. The molecule has 0 aliphatic carbocycles. The van der Waals surface area contributed by atoms with E-state index in [1.165, 1.54) is 0 Å². The van der Waals surface area contributed by atoms with Gasteiger partial charge in [-0.05, 0) is 36.4 Å². The van der Waals surface area contributed by atoms with Gasteiger partial charge in [0.2, 0.25) is 0 Å². The normalized spacial score (nSPS) is 20.2. The Morgan fingerprint density at radius 1 is 1.37 bits per heavy atom. The van der Waals surface area contributed by atoms with Crippen molar-refractivity contribution in [3.8, 4) is 0 Å². The van der Waals surface area contributed by atoms with E-state index in [4.69, 9.17) is 5.11 Å². The number of rotatable bonds is 3. The molecule has 1 aliphatic rings. The average molecular weight is 258 g/mol. The number of para-hydroxylation sites is 1. The Labute approximate surface area is 111 Å². The largest absolute Gasteiger partial charge is 0.396 e. The van der Waals surface area contributed by atoms with Crippen molar-refractivity contribution in [1.29, 1.82) is 0 Å². The number of likely N-dealkylation sites (tertiary alicyclic amines) is 1. The summed E-state index contributed by atoms with van der Waals surface area (Å²) in [5.74, 6) is 0.361. The molecule has 1 aliphatic heterocycles. The highest BCUT2D eigenvalue weighted by atomic mass is 16.3. The first-order chi connectivity index (χ1) is 9.26. The van der Waals surface area contributed by atoms with Gasteiger partial charge >= 0.3 is 0 Å². The second-order valence-electron chi connectivity index (χ2n) is 5.28. The maximum absolute atomic E-state index is 12.0. The molecule has 2 aromatic rings. The van der Waals surface area contributed by atoms with Crippen LogP contribution in [0.4, 0.5) is 0 Å². The molecule has 4 heteroatoms. The van der Waals surface area contributed by atoms with Crippen LogP contribution in [0.5, 0.6) is 0 Å². The smallest absolute Gasteiger partial charge is 0.252 e. The van der Waals surface area contributed by atoms with Gasteiger partial charge in [0.15, 0.2) is 0 Å². The molecular formula is C15H18N2O2. The number of aliphatic hydroxyl groups is 1. The summed E-state index contributed by atoms with van der Waals surface area (Å²) in [6.45, 7) is 2.74. The molecule has 0 spiro atoms. The van der Waals surface area contributed by atoms with Crippen molar-refractivity contribution in [2.45, 2.75) is 13.0 Å². The highest BCUT2D eigenvalue weighted by Gasteiger charge is 2.22. The molecule has 3 rings (SSSR count). The van der Waals surface area contributed by atoms with Gasteiger partial charge in [0.25, 0.3) is 5.56 Å². The van der Waals surface area contributed by atoms with Crippen LogP contribution in [0.25, 0.3) is 10.9 Å². The first kappa shape index (κ1) is 12.4. The number of hydrogen-bond donors (Lipinski definition) is 2. The van der Waals surface area contributed by atoms with E-state index in [0.717, 1.165) is 36.0 Å². The van der Waals surface area contributed by atoms with Gasteiger partial charge in [0.1, 0.15) is 0 Å². The van der Waals surface area contributed by atoms with Crippen LogP contribution >= 0.6 is 0 Å². The van der Waals surface area contributed by atoms with Crippen molar-refractivity contribution in [1.82, 2.24) is 9.88 Å². The molecule has 1 fully saturated rings. The van der Waals surface area contributed by atoms with Gasteiger partial charge in [-0.1, -0.05) is 18.2 Å². The van der Waals surface area contributed by atoms with E-state index in [0.29, 0.717) is 12.5 Å². The van der Waals surface area contributed by atoms with Crippen molar-refractivity contribution < 1.29 is 5.11 Å². The Bertz CT molecular complexity index is 635. The molecular weight excluding hydrogens is 240 g/mol. The standard InChI is InChI=1S/C15H18N2O2/c18-10-11-5-6-17(8-11)9-13-7-12-3-1-2-4-14(12)16-15(13)19/h1-4,7,11,18H,5-6,8-10H2,(H,16,19). The summed E-state index contributed by atoms with van der Waals surface area (Å²) in [5, 5.41) is 10.2. The van der Waals surface area contributed by atoms with Crippen molar-refractivity contribution in [2.24, 2.45) is 5.92 Å². The zero-order chi connectivity index (χ0) is 13.2. The fraction of sp³-hybridized carbons (Fsp3) is 0.400. The lowest BCUT2D eigenvalue weighted by molar-refractivity contribution is 0.220. The number of hydrogen-bond acceptors (Lipinski definition) is 3. The molecule has 1 atom stereocenters. The lowest BCUT2D eigenvalue weighted by Gasteiger charge is -2.15. The maximum Gasteiger partial charge on any atom is 0.252 e. The van der Waals surface area contributed by atoms with Crippen LogP contribution < -0.4 is 5.56 Å². The van der Waals surface area contributed by atoms with Gasteiger partial charge in [0.05, 0.1) is 0 Å². The molecule has 0 bridgehead atoms. The number of aliphatic hydroxyl groups excluding tert-OH is 1. The quantitative estimate of drug-likeness (QED) is 0.873. The van der Waals surface area contributed by atoms with E-state index in [2.05, 4.69) is 9.88 Å². The lowest BCUT2D eigenvalue weighted by atomic mass is 10.1. The fourth-order valence-electron chi connectivity index (χ4n) is 2.76. The van der Waals surface area contributed by atoms with Crippen molar-refractivity contribution >= 4 is 10.9 Å². The van der Waals surface area contributed by atoms with Gasteiger partial charge in [-0.25, -0.2) is 0 Å². The Morgan fingerprint density at radius 3 is 3.00 bits per heavy atom. The molecule has 4 nitrogen and oxygen atoms in total. The second kappa shape index (κ2) is 5.15. The number of H-pyrrole nitrogens is 1. The summed E-state index contributed by atoms with van der Waals surface area (Å²) in [6, 6.07) is 9.79. The van der Waals surface area contributed by atoms with E-state index < -0.39 is 0 Å². The molecule has 0 saturated carbocycles. The van der Waals surface area contributed by atoms with Crippen LogP contribution in [0.3, 0.4) is 0 Å². The topological polar surface area (TPSA) is 56.3 Å². The Balaban J connectivity index is 1.85. The summed E-state index contributed by atoms with van der Waals surface area (Å²) in [6.07, 6.45) is 1.02. The van der Waals surface area contributed by atoms with Gasteiger partial charge < -0.3 is 10.1 Å². The number of pyridine rings is 1. The molecule has 1 saturated heterocycles. The summed E-state index contributed by atoms with van der Waals surface area (Å²) >= 11 is 0. The lowest BCUT2D eigenvalue weighted by Crippen LogP contribution is -2.25. The number of nitrogens with one attached hydrogen (secondary N) is 1. The van der Waals surface area contributed by atoms with Crippen molar-refractivity contribution in [3.63, 3.8) is 0 Å². The molecule has 1 unspecified atom stereocenters. The van der Waals surface area contributed by atoms with E-state index in [9.17, 15) is 4.79 Å². The highest BCUT2D eigenvalue weighted by molar-refractivity contribution is 5.78. The summed E-state index contributed by atoms with van der Waals surface area (Å²) in [4.78, 5) is 17.2. The molecule has 19 heavy (non-hydrogen) atoms. The van der Waals surface area contributed by atoms with Crippen LogP contribution in [0.2, 0.25) is 0 Å². The Hall–Kier alpha value is -1.65. The number of fused-ring (bicyclic) bond motifs is 1.